The van der Waals surface area contributed by atoms with Gasteiger partial charge in [0, 0.05) is 25.3 Å². The highest BCUT2D eigenvalue weighted by atomic mass is 16.3. The summed E-state index contributed by atoms with van der Waals surface area (Å²) in [5, 5.41) is 10.0. The highest BCUT2D eigenvalue weighted by molar-refractivity contribution is 5.11. The first kappa shape index (κ1) is 13.5. The second kappa shape index (κ2) is 5.34. The third kappa shape index (κ3) is 3.07. The van der Waals surface area contributed by atoms with E-state index in [0.717, 1.165) is 31.6 Å². The van der Waals surface area contributed by atoms with Crippen LogP contribution < -0.4 is 5.73 Å². The SMILES string of the molecule is CC(N)C(c1ccccn1)N1CCC(C)(O)CC1. The van der Waals surface area contributed by atoms with Crippen molar-refractivity contribution >= 4 is 0 Å². The first-order valence-electron chi connectivity index (χ1n) is 6.62. The van der Waals surface area contributed by atoms with Gasteiger partial charge in [0.1, 0.15) is 0 Å². The lowest BCUT2D eigenvalue weighted by molar-refractivity contribution is -0.0199. The number of aromatic nitrogens is 1. The van der Waals surface area contributed by atoms with Crippen molar-refractivity contribution in [1.29, 1.82) is 0 Å². The predicted molar refractivity (Wildman–Crippen MR) is 72.1 cm³/mol. The zero-order valence-corrected chi connectivity index (χ0v) is 11.2. The summed E-state index contributed by atoms with van der Waals surface area (Å²) in [6, 6.07) is 6.12. The molecule has 1 aromatic heterocycles. The quantitative estimate of drug-likeness (QED) is 0.848. The molecule has 18 heavy (non-hydrogen) atoms. The van der Waals surface area contributed by atoms with Gasteiger partial charge in [-0.25, -0.2) is 0 Å². The van der Waals surface area contributed by atoms with Gasteiger partial charge in [-0.15, -0.1) is 0 Å². The van der Waals surface area contributed by atoms with Crippen molar-refractivity contribution in [1.82, 2.24) is 9.88 Å². The van der Waals surface area contributed by atoms with E-state index in [1.807, 2.05) is 38.2 Å². The largest absolute Gasteiger partial charge is 0.390 e. The number of nitrogens with two attached hydrogens (primary N) is 1. The van der Waals surface area contributed by atoms with Crippen molar-refractivity contribution in [2.75, 3.05) is 13.1 Å². The Kier molecular flexibility index (Phi) is 4.00. The van der Waals surface area contributed by atoms with Crippen LogP contribution in [0.2, 0.25) is 0 Å². The summed E-state index contributed by atoms with van der Waals surface area (Å²) >= 11 is 0. The molecule has 0 aliphatic carbocycles. The fourth-order valence-corrected chi connectivity index (χ4v) is 2.62. The Bertz CT molecular complexity index is 368. The number of nitrogens with zero attached hydrogens (tertiary/aromatic N) is 2. The number of hydrogen-bond acceptors (Lipinski definition) is 4. The maximum absolute atomic E-state index is 10.0. The van der Waals surface area contributed by atoms with Gasteiger partial charge in [0.25, 0.3) is 0 Å². The van der Waals surface area contributed by atoms with E-state index >= 15 is 0 Å². The van der Waals surface area contributed by atoms with Crippen LogP contribution in [0, 0.1) is 0 Å². The van der Waals surface area contributed by atoms with E-state index in [-0.39, 0.29) is 12.1 Å². The predicted octanol–water partition coefficient (Wildman–Crippen LogP) is 1.32. The molecular formula is C14H23N3O. The van der Waals surface area contributed by atoms with Crippen LogP contribution in [0.5, 0.6) is 0 Å². The number of pyridine rings is 1. The summed E-state index contributed by atoms with van der Waals surface area (Å²) in [6.45, 7) is 5.67. The molecule has 1 aromatic rings. The maximum atomic E-state index is 10.0. The van der Waals surface area contributed by atoms with Crippen LogP contribution in [-0.4, -0.2) is 39.7 Å². The molecule has 0 radical (unpaired) electrons. The molecule has 0 aromatic carbocycles. The van der Waals surface area contributed by atoms with E-state index in [1.165, 1.54) is 0 Å². The number of piperidine rings is 1. The Balaban J connectivity index is 2.13. The fraction of sp³-hybridized carbons (Fsp3) is 0.643. The highest BCUT2D eigenvalue weighted by Crippen LogP contribution is 2.29. The maximum Gasteiger partial charge on any atom is 0.0671 e. The van der Waals surface area contributed by atoms with Gasteiger partial charge in [0.15, 0.2) is 0 Å². The number of rotatable bonds is 3. The topological polar surface area (TPSA) is 62.4 Å². The minimum Gasteiger partial charge on any atom is -0.390 e. The van der Waals surface area contributed by atoms with Crippen molar-refractivity contribution in [3.63, 3.8) is 0 Å². The zero-order valence-electron chi connectivity index (χ0n) is 11.2. The van der Waals surface area contributed by atoms with E-state index < -0.39 is 5.60 Å². The molecule has 3 N–H and O–H groups in total. The molecule has 1 aliphatic heterocycles. The number of likely N-dealkylation sites (tertiary alicyclic amines) is 1. The van der Waals surface area contributed by atoms with Crippen LogP contribution in [0.1, 0.15) is 38.4 Å². The molecule has 2 heterocycles. The molecule has 0 saturated carbocycles. The monoisotopic (exact) mass is 249 g/mol. The van der Waals surface area contributed by atoms with Gasteiger partial charge < -0.3 is 10.8 Å². The van der Waals surface area contributed by atoms with E-state index in [4.69, 9.17) is 5.73 Å². The third-order valence-corrected chi connectivity index (χ3v) is 3.76. The molecule has 1 fully saturated rings. The van der Waals surface area contributed by atoms with E-state index in [2.05, 4.69) is 9.88 Å². The van der Waals surface area contributed by atoms with Crippen molar-refractivity contribution in [2.24, 2.45) is 5.73 Å². The van der Waals surface area contributed by atoms with Crippen LogP contribution in [0.25, 0.3) is 0 Å². The highest BCUT2D eigenvalue weighted by Gasteiger charge is 2.33. The van der Waals surface area contributed by atoms with E-state index in [9.17, 15) is 5.11 Å². The van der Waals surface area contributed by atoms with Crippen molar-refractivity contribution < 1.29 is 5.11 Å². The molecule has 100 valence electrons. The van der Waals surface area contributed by atoms with Crippen molar-refractivity contribution in [3.05, 3.63) is 30.1 Å². The third-order valence-electron chi connectivity index (χ3n) is 3.76. The van der Waals surface area contributed by atoms with Gasteiger partial charge in [-0.05, 0) is 38.8 Å². The van der Waals surface area contributed by atoms with Gasteiger partial charge in [0.05, 0.1) is 17.3 Å². The summed E-state index contributed by atoms with van der Waals surface area (Å²) < 4.78 is 0. The minimum atomic E-state index is -0.525. The van der Waals surface area contributed by atoms with Gasteiger partial charge in [-0.3, -0.25) is 9.88 Å². The average Bonchev–Trinajstić information content (AvgIpc) is 2.33. The van der Waals surface area contributed by atoms with Gasteiger partial charge in [0.2, 0.25) is 0 Å². The van der Waals surface area contributed by atoms with Crippen LogP contribution >= 0.6 is 0 Å². The molecule has 1 aliphatic rings. The fourth-order valence-electron chi connectivity index (χ4n) is 2.62. The molecule has 0 bridgehead atoms. The first-order valence-corrected chi connectivity index (χ1v) is 6.62. The molecule has 1 saturated heterocycles. The molecular weight excluding hydrogens is 226 g/mol. The Morgan fingerprint density at radius 2 is 2.06 bits per heavy atom. The molecule has 4 heteroatoms. The normalized spacial score (nSPS) is 23.6. The summed E-state index contributed by atoms with van der Waals surface area (Å²) in [6.07, 6.45) is 3.40. The van der Waals surface area contributed by atoms with Crippen LogP contribution in [0.15, 0.2) is 24.4 Å². The molecule has 0 spiro atoms. The van der Waals surface area contributed by atoms with Crippen LogP contribution in [0.3, 0.4) is 0 Å². The number of hydrogen-bond donors (Lipinski definition) is 2. The lowest BCUT2D eigenvalue weighted by Gasteiger charge is -2.41. The van der Waals surface area contributed by atoms with Crippen molar-refractivity contribution in [3.8, 4) is 0 Å². The lowest BCUT2D eigenvalue weighted by atomic mass is 9.91. The Morgan fingerprint density at radius 3 is 2.56 bits per heavy atom. The number of aliphatic hydroxyl groups is 1. The minimum absolute atomic E-state index is 0.0305. The molecule has 0 amide bonds. The first-order chi connectivity index (χ1) is 8.49. The molecule has 2 unspecified atom stereocenters. The van der Waals surface area contributed by atoms with E-state index in [1.54, 1.807) is 0 Å². The Labute approximate surface area is 109 Å². The van der Waals surface area contributed by atoms with Crippen LogP contribution in [0.4, 0.5) is 0 Å². The van der Waals surface area contributed by atoms with E-state index in [0.29, 0.717) is 0 Å². The van der Waals surface area contributed by atoms with Gasteiger partial charge in [-0.1, -0.05) is 6.07 Å². The molecule has 2 rings (SSSR count). The zero-order chi connectivity index (χ0) is 13.2. The smallest absolute Gasteiger partial charge is 0.0671 e. The molecule has 4 nitrogen and oxygen atoms in total. The summed E-state index contributed by atoms with van der Waals surface area (Å²) in [7, 11) is 0. The van der Waals surface area contributed by atoms with Gasteiger partial charge >= 0.3 is 0 Å². The molecule has 2 atom stereocenters. The second-order valence-corrected chi connectivity index (χ2v) is 5.59. The standard InChI is InChI=1S/C14H23N3O/c1-11(15)13(12-5-3-4-8-16-12)17-9-6-14(2,18)7-10-17/h3-5,8,11,13,18H,6-7,9-10,15H2,1-2H3. The average molecular weight is 249 g/mol. The van der Waals surface area contributed by atoms with Crippen molar-refractivity contribution in [2.45, 2.75) is 44.4 Å². The Morgan fingerprint density at radius 1 is 1.39 bits per heavy atom. The lowest BCUT2D eigenvalue weighted by Crippen LogP contribution is -2.48. The summed E-state index contributed by atoms with van der Waals surface area (Å²) in [5.41, 5.74) is 6.62. The Hall–Kier alpha value is -0.970. The van der Waals surface area contributed by atoms with Crippen LogP contribution in [-0.2, 0) is 0 Å². The second-order valence-electron chi connectivity index (χ2n) is 5.59. The summed E-state index contributed by atoms with van der Waals surface area (Å²) in [5.74, 6) is 0. The van der Waals surface area contributed by atoms with Gasteiger partial charge in [-0.2, -0.15) is 0 Å². The summed E-state index contributed by atoms with van der Waals surface area (Å²) in [4.78, 5) is 6.77.